The Morgan fingerprint density at radius 2 is 1.29 bits per heavy atom. The molecule has 1 aliphatic heterocycles. The van der Waals surface area contributed by atoms with Crippen LogP contribution in [0.15, 0.2) is 60.4 Å². The van der Waals surface area contributed by atoms with E-state index in [1.807, 2.05) is 61.5 Å². The molecule has 0 aliphatic carbocycles. The molecule has 0 atom stereocenters. The number of hydrogen-bond donors (Lipinski definition) is 0. The molecule has 0 unspecified atom stereocenters. The van der Waals surface area contributed by atoms with E-state index >= 15 is 0 Å². The van der Waals surface area contributed by atoms with E-state index < -0.39 is 0 Å². The van der Waals surface area contributed by atoms with Gasteiger partial charge in [0, 0.05) is 5.56 Å². The van der Waals surface area contributed by atoms with Crippen molar-refractivity contribution in [2.45, 2.75) is 6.92 Å². The second-order valence-corrected chi connectivity index (χ2v) is 3.90. The van der Waals surface area contributed by atoms with Crippen molar-refractivity contribution >= 4 is 5.76 Å². The van der Waals surface area contributed by atoms with E-state index in [2.05, 4.69) is 0 Å². The topological polar surface area (TPSA) is 18.5 Å². The van der Waals surface area contributed by atoms with Crippen molar-refractivity contribution < 1.29 is 9.47 Å². The number of fused-ring (bicyclic) bond motifs is 1. The summed E-state index contributed by atoms with van der Waals surface area (Å²) in [6, 6.07) is 17.7. The largest absolute Gasteiger partial charge is 0.454 e. The minimum absolute atomic E-state index is 0.761. The molecule has 0 radical (unpaired) electrons. The van der Waals surface area contributed by atoms with Gasteiger partial charge in [0.05, 0.1) is 0 Å². The quantitative estimate of drug-likeness (QED) is 0.732. The van der Waals surface area contributed by atoms with Crippen molar-refractivity contribution in [3.63, 3.8) is 0 Å². The fourth-order valence-electron chi connectivity index (χ4n) is 1.86. The molecule has 1 aliphatic rings. The van der Waals surface area contributed by atoms with E-state index in [9.17, 15) is 0 Å². The highest BCUT2D eigenvalue weighted by molar-refractivity contribution is 5.67. The van der Waals surface area contributed by atoms with Gasteiger partial charge in [-0.2, -0.15) is 0 Å². The summed E-state index contributed by atoms with van der Waals surface area (Å²) < 4.78 is 11.6. The summed E-state index contributed by atoms with van der Waals surface area (Å²) in [6.07, 6.45) is 0. The minimum atomic E-state index is 0.761. The molecule has 1 heterocycles. The van der Waals surface area contributed by atoms with Crippen LogP contribution in [0.3, 0.4) is 0 Å². The van der Waals surface area contributed by atoms with Gasteiger partial charge in [-0.15, -0.1) is 0 Å². The summed E-state index contributed by atoms with van der Waals surface area (Å²) in [5.41, 5.74) is 1.03. The Balaban J connectivity index is 2.03. The highest BCUT2D eigenvalue weighted by Crippen LogP contribution is 2.37. The summed E-state index contributed by atoms with van der Waals surface area (Å²) in [6.45, 7) is 1.91. The lowest BCUT2D eigenvalue weighted by molar-refractivity contribution is 0.347. The van der Waals surface area contributed by atoms with E-state index in [-0.39, 0.29) is 0 Å². The van der Waals surface area contributed by atoms with Crippen LogP contribution >= 0.6 is 0 Å². The molecule has 0 amide bonds. The first-order valence-corrected chi connectivity index (χ1v) is 5.55. The van der Waals surface area contributed by atoms with E-state index in [0.717, 1.165) is 28.6 Å². The van der Waals surface area contributed by atoms with Crippen molar-refractivity contribution in [3.8, 4) is 11.5 Å². The van der Waals surface area contributed by atoms with Gasteiger partial charge >= 0.3 is 0 Å². The maximum Gasteiger partial charge on any atom is 0.172 e. The zero-order valence-corrected chi connectivity index (χ0v) is 9.51. The van der Waals surface area contributed by atoms with Crippen molar-refractivity contribution in [2.24, 2.45) is 0 Å². The van der Waals surface area contributed by atoms with E-state index in [4.69, 9.17) is 9.47 Å². The molecule has 2 aromatic carbocycles. The maximum atomic E-state index is 5.88. The number of ether oxygens (including phenoxy) is 2. The molecule has 84 valence electrons. The third-order valence-electron chi connectivity index (χ3n) is 2.68. The Morgan fingerprint density at radius 3 is 2.00 bits per heavy atom. The minimum Gasteiger partial charge on any atom is -0.454 e. The molecule has 17 heavy (non-hydrogen) atoms. The van der Waals surface area contributed by atoms with Gasteiger partial charge in [0.25, 0.3) is 0 Å². The fraction of sp³-hybridized carbons (Fsp3) is 0.0667. The molecule has 0 saturated carbocycles. The molecule has 0 saturated heterocycles. The highest BCUT2D eigenvalue weighted by Gasteiger charge is 2.19. The number of para-hydroxylation sites is 2. The Kier molecular flexibility index (Phi) is 2.33. The van der Waals surface area contributed by atoms with Gasteiger partial charge in [0.2, 0.25) is 0 Å². The first kappa shape index (κ1) is 9.97. The van der Waals surface area contributed by atoms with Crippen LogP contribution in [-0.4, -0.2) is 0 Å². The van der Waals surface area contributed by atoms with E-state index in [1.165, 1.54) is 0 Å². The zero-order valence-electron chi connectivity index (χ0n) is 9.51. The molecule has 0 N–H and O–H groups in total. The maximum absolute atomic E-state index is 5.88. The number of rotatable bonds is 1. The van der Waals surface area contributed by atoms with Gasteiger partial charge in [-0.25, -0.2) is 0 Å². The average Bonchev–Trinajstić information content (AvgIpc) is 2.39. The number of hydrogen-bond acceptors (Lipinski definition) is 2. The first-order chi connectivity index (χ1) is 8.34. The molecular weight excluding hydrogens is 212 g/mol. The standard InChI is InChI=1S/C15H12O2/c1-11-15(12-7-3-2-4-8-12)17-14-10-6-5-9-13(14)16-11/h2-10H,1H3. The van der Waals surface area contributed by atoms with Gasteiger partial charge in [-0.05, 0) is 19.1 Å². The van der Waals surface area contributed by atoms with Gasteiger partial charge in [0.15, 0.2) is 17.3 Å². The van der Waals surface area contributed by atoms with E-state index in [1.54, 1.807) is 0 Å². The molecule has 2 aromatic rings. The highest BCUT2D eigenvalue weighted by atomic mass is 16.6. The Hall–Kier alpha value is -2.22. The van der Waals surface area contributed by atoms with Crippen LogP contribution in [0.4, 0.5) is 0 Å². The van der Waals surface area contributed by atoms with Gasteiger partial charge in [-0.3, -0.25) is 0 Å². The number of allylic oxidation sites excluding steroid dienone is 1. The Bertz CT molecular complexity index is 570. The normalized spacial score (nSPS) is 13.7. The van der Waals surface area contributed by atoms with Crippen LogP contribution in [-0.2, 0) is 0 Å². The molecule has 0 aromatic heterocycles. The van der Waals surface area contributed by atoms with E-state index in [0.29, 0.717) is 0 Å². The Morgan fingerprint density at radius 1 is 0.706 bits per heavy atom. The predicted octanol–water partition coefficient (Wildman–Crippen LogP) is 3.85. The summed E-state index contributed by atoms with van der Waals surface area (Å²) in [5.74, 6) is 3.10. The summed E-state index contributed by atoms with van der Waals surface area (Å²) in [4.78, 5) is 0. The molecule has 3 rings (SSSR count). The van der Waals surface area contributed by atoms with Crippen LogP contribution < -0.4 is 9.47 Å². The fourth-order valence-corrected chi connectivity index (χ4v) is 1.86. The molecular formula is C15H12O2. The average molecular weight is 224 g/mol. The van der Waals surface area contributed by atoms with Crippen LogP contribution in [0, 0.1) is 0 Å². The van der Waals surface area contributed by atoms with Crippen molar-refractivity contribution in [1.29, 1.82) is 0 Å². The Labute approximate surface area is 100 Å². The second-order valence-electron chi connectivity index (χ2n) is 3.90. The van der Waals surface area contributed by atoms with Crippen molar-refractivity contribution in [1.82, 2.24) is 0 Å². The summed E-state index contributed by atoms with van der Waals surface area (Å²) >= 11 is 0. The zero-order chi connectivity index (χ0) is 11.7. The number of benzene rings is 2. The molecule has 0 spiro atoms. The lowest BCUT2D eigenvalue weighted by atomic mass is 10.1. The van der Waals surface area contributed by atoms with Crippen LogP contribution in [0.2, 0.25) is 0 Å². The lowest BCUT2D eigenvalue weighted by Crippen LogP contribution is -2.09. The van der Waals surface area contributed by atoms with Crippen molar-refractivity contribution in [3.05, 3.63) is 65.9 Å². The predicted molar refractivity (Wildman–Crippen MR) is 66.7 cm³/mol. The van der Waals surface area contributed by atoms with Crippen LogP contribution in [0.1, 0.15) is 12.5 Å². The first-order valence-electron chi connectivity index (χ1n) is 5.55. The van der Waals surface area contributed by atoms with Crippen molar-refractivity contribution in [2.75, 3.05) is 0 Å². The van der Waals surface area contributed by atoms with Crippen LogP contribution in [0.5, 0.6) is 11.5 Å². The molecule has 0 fully saturated rings. The SMILES string of the molecule is CC1=C(c2ccccc2)Oc2ccccc2O1. The van der Waals surface area contributed by atoms with Gasteiger partial charge in [0.1, 0.15) is 5.76 Å². The third-order valence-corrected chi connectivity index (χ3v) is 2.68. The molecule has 2 nitrogen and oxygen atoms in total. The lowest BCUT2D eigenvalue weighted by Gasteiger charge is -2.21. The second kappa shape index (κ2) is 3.98. The summed E-state index contributed by atoms with van der Waals surface area (Å²) in [7, 11) is 0. The molecule has 2 heteroatoms. The van der Waals surface area contributed by atoms with Crippen LogP contribution in [0.25, 0.3) is 5.76 Å². The monoisotopic (exact) mass is 224 g/mol. The van der Waals surface area contributed by atoms with Gasteiger partial charge < -0.3 is 9.47 Å². The summed E-state index contributed by atoms with van der Waals surface area (Å²) in [5, 5.41) is 0. The van der Waals surface area contributed by atoms with Gasteiger partial charge in [-0.1, -0.05) is 42.5 Å². The molecule has 0 bridgehead atoms. The smallest absolute Gasteiger partial charge is 0.172 e. The third kappa shape index (κ3) is 1.78.